The Morgan fingerprint density at radius 3 is 2.78 bits per heavy atom. The Hall–Kier alpha value is -3.82. The van der Waals surface area contributed by atoms with Crippen LogP contribution in [-0.4, -0.2) is 37.6 Å². The fraction of sp³-hybridized carbons (Fsp3) is 0.176. The number of carbonyl (C=O) groups excluding carboxylic acids is 1. The number of amides is 1. The zero-order valence-electron chi connectivity index (χ0n) is 14.6. The van der Waals surface area contributed by atoms with E-state index in [1.807, 2.05) is 6.07 Å². The van der Waals surface area contributed by atoms with Gasteiger partial charge in [0.05, 0.1) is 11.5 Å². The molecule has 3 rings (SSSR count). The quantitative estimate of drug-likeness (QED) is 0.523. The Morgan fingerprint density at radius 1 is 1.30 bits per heavy atom. The number of carbonyl (C=O) groups is 1. The van der Waals surface area contributed by atoms with Gasteiger partial charge in [-0.2, -0.15) is 0 Å². The lowest BCUT2D eigenvalue weighted by Gasteiger charge is -2.09. The number of anilines is 1. The molecular formula is C17H16N6O4. The topological polar surface area (TPSA) is 125 Å². The van der Waals surface area contributed by atoms with Crippen molar-refractivity contribution in [2.75, 3.05) is 11.9 Å². The van der Waals surface area contributed by atoms with Crippen molar-refractivity contribution in [2.24, 2.45) is 7.05 Å². The highest BCUT2D eigenvalue weighted by atomic mass is 16.6. The predicted octanol–water partition coefficient (Wildman–Crippen LogP) is 2.44. The Labute approximate surface area is 153 Å². The van der Waals surface area contributed by atoms with Gasteiger partial charge in [0.25, 0.3) is 5.91 Å². The van der Waals surface area contributed by atoms with Crippen LogP contribution in [0.3, 0.4) is 0 Å². The minimum atomic E-state index is -0.580. The largest absolute Gasteiger partial charge is 0.487 e. The number of rotatable bonds is 6. The second-order valence-electron chi connectivity index (χ2n) is 5.53. The third kappa shape index (κ3) is 3.89. The van der Waals surface area contributed by atoms with E-state index < -0.39 is 10.8 Å². The number of tetrazole rings is 1. The van der Waals surface area contributed by atoms with Crippen molar-refractivity contribution in [3.8, 4) is 17.1 Å². The summed E-state index contributed by atoms with van der Waals surface area (Å²) in [6.45, 7) is 2.01. The van der Waals surface area contributed by atoms with Gasteiger partial charge < -0.3 is 10.1 Å². The number of benzene rings is 2. The van der Waals surface area contributed by atoms with Crippen LogP contribution in [0.1, 0.15) is 17.3 Å². The van der Waals surface area contributed by atoms with Gasteiger partial charge in [-0.25, -0.2) is 4.68 Å². The van der Waals surface area contributed by atoms with Gasteiger partial charge in [0.15, 0.2) is 11.6 Å². The minimum absolute atomic E-state index is 0.121. The summed E-state index contributed by atoms with van der Waals surface area (Å²) in [4.78, 5) is 23.1. The zero-order chi connectivity index (χ0) is 19.4. The maximum Gasteiger partial charge on any atom is 0.311 e. The fourth-order valence-electron chi connectivity index (χ4n) is 2.49. The first-order valence-electron chi connectivity index (χ1n) is 8.05. The average Bonchev–Trinajstić information content (AvgIpc) is 3.08. The third-order valence-electron chi connectivity index (χ3n) is 3.72. The van der Waals surface area contributed by atoms with Crippen LogP contribution in [-0.2, 0) is 7.05 Å². The lowest BCUT2D eigenvalue weighted by atomic mass is 10.1. The van der Waals surface area contributed by atoms with Crippen LogP contribution >= 0.6 is 0 Å². The van der Waals surface area contributed by atoms with Crippen LogP contribution in [0.5, 0.6) is 5.75 Å². The normalized spacial score (nSPS) is 10.4. The first-order valence-corrected chi connectivity index (χ1v) is 8.05. The van der Waals surface area contributed by atoms with Crippen LogP contribution < -0.4 is 10.1 Å². The SMILES string of the molecule is CCOc1ccc(C(=O)Nc2cccc(-c3nnnn3C)c2)cc1[N+](=O)[O-]. The summed E-state index contributed by atoms with van der Waals surface area (Å²) >= 11 is 0. The average molecular weight is 368 g/mol. The van der Waals surface area contributed by atoms with Crippen molar-refractivity contribution in [3.05, 3.63) is 58.1 Å². The zero-order valence-corrected chi connectivity index (χ0v) is 14.6. The van der Waals surface area contributed by atoms with Gasteiger partial charge in [-0.05, 0) is 41.6 Å². The molecule has 3 aromatic rings. The molecule has 10 nitrogen and oxygen atoms in total. The molecule has 0 aliphatic carbocycles. The maximum absolute atomic E-state index is 12.5. The molecule has 0 aliphatic rings. The number of hydrogen-bond donors (Lipinski definition) is 1. The van der Waals surface area contributed by atoms with Gasteiger partial charge in [-0.15, -0.1) is 5.10 Å². The molecule has 0 saturated carbocycles. The summed E-state index contributed by atoms with van der Waals surface area (Å²) in [6, 6.07) is 11.1. The smallest absolute Gasteiger partial charge is 0.311 e. The van der Waals surface area contributed by atoms with Crippen molar-refractivity contribution in [1.29, 1.82) is 0 Å². The molecule has 1 amide bonds. The molecule has 0 saturated heterocycles. The highest BCUT2D eigenvalue weighted by molar-refractivity contribution is 6.05. The van der Waals surface area contributed by atoms with Gasteiger partial charge in [0.2, 0.25) is 0 Å². The molecule has 0 spiro atoms. The van der Waals surface area contributed by atoms with E-state index in [2.05, 4.69) is 20.8 Å². The molecule has 0 radical (unpaired) electrons. The molecule has 0 aliphatic heterocycles. The molecule has 0 atom stereocenters. The van der Waals surface area contributed by atoms with Gasteiger partial charge in [0.1, 0.15) is 0 Å². The number of nitro benzene ring substituents is 1. The summed E-state index contributed by atoms with van der Waals surface area (Å²) in [6.07, 6.45) is 0. The van der Waals surface area contributed by atoms with E-state index in [1.54, 1.807) is 32.2 Å². The number of hydrogen-bond acceptors (Lipinski definition) is 7. The Bertz CT molecular complexity index is 1000. The molecule has 1 N–H and O–H groups in total. The van der Waals surface area contributed by atoms with Gasteiger partial charge in [-0.1, -0.05) is 12.1 Å². The number of aromatic nitrogens is 4. The summed E-state index contributed by atoms with van der Waals surface area (Å²) < 4.78 is 6.74. The molecule has 27 heavy (non-hydrogen) atoms. The molecule has 0 bridgehead atoms. The lowest BCUT2D eigenvalue weighted by Crippen LogP contribution is -2.12. The first kappa shape index (κ1) is 18.0. The van der Waals surface area contributed by atoms with Crippen molar-refractivity contribution in [3.63, 3.8) is 0 Å². The summed E-state index contributed by atoms with van der Waals surface area (Å²) in [7, 11) is 1.71. The van der Waals surface area contributed by atoms with E-state index in [9.17, 15) is 14.9 Å². The molecule has 0 fully saturated rings. The second kappa shape index (κ2) is 7.60. The van der Waals surface area contributed by atoms with Gasteiger partial charge in [0, 0.05) is 29.9 Å². The number of ether oxygens (including phenoxy) is 1. The number of nitrogens with one attached hydrogen (secondary N) is 1. The summed E-state index contributed by atoms with van der Waals surface area (Å²) in [5.74, 6) is 0.188. The van der Waals surface area contributed by atoms with E-state index in [0.29, 0.717) is 11.5 Å². The monoisotopic (exact) mass is 368 g/mol. The Morgan fingerprint density at radius 2 is 2.11 bits per heavy atom. The van der Waals surface area contributed by atoms with Crippen molar-refractivity contribution in [2.45, 2.75) is 6.92 Å². The molecule has 1 aromatic heterocycles. The van der Waals surface area contributed by atoms with E-state index >= 15 is 0 Å². The van der Waals surface area contributed by atoms with E-state index in [1.165, 1.54) is 22.9 Å². The fourth-order valence-corrected chi connectivity index (χ4v) is 2.49. The first-order chi connectivity index (χ1) is 13.0. The molecule has 0 unspecified atom stereocenters. The van der Waals surface area contributed by atoms with E-state index in [0.717, 1.165) is 5.56 Å². The van der Waals surface area contributed by atoms with Gasteiger partial charge in [-0.3, -0.25) is 14.9 Å². The van der Waals surface area contributed by atoms with Crippen molar-refractivity contribution in [1.82, 2.24) is 20.2 Å². The van der Waals surface area contributed by atoms with E-state index in [-0.39, 0.29) is 23.6 Å². The number of nitro groups is 1. The van der Waals surface area contributed by atoms with Crippen LogP contribution in [0.15, 0.2) is 42.5 Å². The van der Waals surface area contributed by atoms with Crippen molar-refractivity contribution < 1.29 is 14.5 Å². The van der Waals surface area contributed by atoms with Gasteiger partial charge >= 0.3 is 5.69 Å². The number of nitrogens with zero attached hydrogens (tertiary/aromatic N) is 5. The summed E-state index contributed by atoms with van der Waals surface area (Å²) in [5, 5.41) is 25.2. The standard InChI is InChI=1S/C17H16N6O4/c1-3-27-15-8-7-12(10-14(15)23(25)26)17(24)18-13-6-4-5-11(9-13)16-19-20-21-22(16)2/h4-10H,3H2,1-2H3,(H,18,24). The van der Waals surface area contributed by atoms with E-state index in [4.69, 9.17) is 4.74 Å². The summed E-state index contributed by atoms with van der Waals surface area (Å²) in [5.41, 5.74) is 1.12. The van der Waals surface area contributed by atoms with Crippen LogP contribution in [0.2, 0.25) is 0 Å². The van der Waals surface area contributed by atoms with Crippen molar-refractivity contribution >= 4 is 17.3 Å². The predicted molar refractivity (Wildman–Crippen MR) is 96.5 cm³/mol. The molecule has 1 heterocycles. The molecule has 138 valence electrons. The van der Waals surface area contributed by atoms with Crippen LogP contribution in [0, 0.1) is 10.1 Å². The highest BCUT2D eigenvalue weighted by Gasteiger charge is 2.19. The molecule has 10 heteroatoms. The highest BCUT2D eigenvalue weighted by Crippen LogP contribution is 2.28. The lowest BCUT2D eigenvalue weighted by molar-refractivity contribution is -0.385. The third-order valence-corrected chi connectivity index (χ3v) is 3.72. The van der Waals surface area contributed by atoms with Crippen LogP contribution in [0.25, 0.3) is 11.4 Å². The van der Waals surface area contributed by atoms with Crippen LogP contribution in [0.4, 0.5) is 11.4 Å². The maximum atomic E-state index is 12.5. The Kier molecular flexibility index (Phi) is 5.06. The minimum Gasteiger partial charge on any atom is -0.487 e. The number of aryl methyl sites for hydroxylation is 1. The molecule has 2 aromatic carbocycles. The Balaban J connectivity index is 1.85. The molecular weight excluding hydrogens is 352 g/mol. The second-order valence-corrected chi connectivity index (χ2v) is 5.53.